The standard InChI is InChI=1S/C15H10OS/c16-13-8-14-11(5-6-17-14)15-10-4-2-1-3-9(10)7-12(13)15/h1-6,8,16H,7H2. The van der Waals surface area contributed by atoms with Gasteiger partial charge in [0, 0.05) is 22.1 Å². The predicted molar refractivity (Wildman–Crippen MR) is 71.7 cm³/mol. The maximum Gasteiger partial charge on any atom is 0.121 e. The average molecular weight is 238 g/mol. The Kier molecular flexibility index (Phi) is 1.69. The van der Waals surface area contributed by atoms with Gasteiger partial charge in [-0.3, -0.25) is 0 Å². The molecule has 1 aromatic heterocycles. The van der Waals surface area contributed by atoms with Crippen molar-refractivity contribution >= 4 is 21.4 Å². The summed E-state index contributed by atoms with van der Waals surface area (Å²) in [5.41, 5.74) is 4.91. The smallest absolute Gasteiger partial charge is 0.121 e. The van der Waals surface area contributed by atoms with E-state index in [9.17, 15) is 5.11 Å². The van der Waals surface area contributed by atoms with Gasteiger partial charge in [0.2, 0.25) is 0 Å². The largest absolute Gasteiger partial charge is 0.508 e. The number of aromatic hydroxyl groups is 1. The van der Waals surface area contributed by atoms with Crippen molar-refractivity contribution in [1.82, 2.24) is 0 Å². The normalized spacial score (nSPS) is 12.7. The molecule has 0 unspecified atom stereocenters. The van der Waals surface area contributed by atoms with Gasteiger partial charge in [-0.25, -0.2) is 0 Å². The summed E-state index contributed by atoms with van der Waals surface area (Å²) >= 11 is 1.68. The van der Waals surface area contributed by atoms with Crippen LogP contribution in [0.3, 0.4) is 0 Å². The summed E-state index contributed by atoms with van der Waals surface area (Å²) in [5, 5.41) is 13.5. The molecule has 1 heterocycles. The molecule has 82 valence electrons. The van der Waals surface area contributed by atoms with Crippen molar-refractivity contribution in [1.29, 1.82) is 0 Å². The van der Waals surface area contributed by atoms with E-state index in [0.29, 0.717) is 5.75 Å². The molecule has 1 N–H and O–H groups in total. The number of rotatable bonds is 0. The molecule has 1 aliphatic rings. The second-order valence-corrected chi connectivity index (χ2v) is 5.36. The average Bonchev–Trinajstić information content (AvgIpc) is 2.91. The molecule has 0 radical (unpaired) electrons. The van der Waals surface area contributed by atoms with E-state index >= 15 is 0 Å². The van der Waals surface area contributed by atoms with Gasteiger partial charge in [0.15, 0.2) is 0 Å². The van der Waals surface area contributed by atoms with E-state index < -0.39 is 0 Å². The van der Waals surface area contributed by atoms with Crippen LogP contribution in [0.5, 0.6) is 5.75 Å². The number of phenolic OH excluding ortho intramolecular Hbond substituents is 1. The third-order valence-corrected chi connectivity index (χ3v) is 4.36. The van der Waals surface area contributed by atoms with Crippen LogP contribution in [0.15, 0.2) is 41.8 Å². The zero-order valence-electron chi connectivity index (χ0n) is 9.10. The highest BCUT2D eigenvalue weighted by Crippen LogP contribution is 2.46. The van der Waals surface area contributed by atoms with Crippen LogP contribution in [-0.2, 0) is 6.42 Å². The minimum absolute atomic E-state index is 0.436. The Bertz CT molecular complexity index is 740. The van der Waals surface area contributed by atoms with E-state index in [-0.39, 0.29) is 0 Å². The number of fused-ring (bicyclic) bond motifs is 5. The van der Waals surface area contributed by atoms with Gasteiger partial charge in [0.1, 0.15) is 5.75 Å². The van der Waals surface area contributed by atoms with Crippen molar-refractivity contribution in [2.75, 3.05) is 0 Å². The van der Waals surface area contributed by atoms with E-state index in [2.05, 4.69) is 35.7 Å². The summed E-state index contributed by atoms with van der Waals surface area (Å²) in [6.45, 7) is 0. The fourth-order valence-electron chi connectivity index (χ4n) is 2.74. The molecule has 17 heavy (non-hydrogen) atoms. The summed E-state index contributed by atoms with van der Waals surface area (Å²) in [6, 6.07) is 12.5. The Morgan fingerprint density at radius 3 is 2.94 bits per heavy atom. The Balaban J connectivity index is 2.21. The molecule has 1 aliphatic carbocycles. The lowest BCUT2D eigenvalue weighted by molar-refractivity contribution is 0.471. The zero-order valence-corrected chi connectivity index (χ0v) is 9.92. The second kappa shape index (κ2) is 3.11. The number of hydrogen-bond donors (Lipinski definition) is 1. The molecule has 0 saturated carbocycles. The van der Waals surface area contributed by atoms with E-state index in [1.807, 2.05) is 6.07 Å². The first-order chi connectivity index (χ1) is 8.34. The van der Waals surface area contributed by atoms with Crippen LogP contribution in [0.1, 0.15) is 11.1 Å². The molecule has 0 spiro atoms. The van der Waals surface area contributed by atoms with Gasteiger partial charge in [-0.15, -0.1) is 11.3 Å². The quantitative estimate of drug-likeness (QED) is 0.487. The Labute approximate surface area is 103 Å². The predicted octanol–water partition coefficient (Wildman–Crippen LogP) is 4.18. The van der Waals surface area contributed by atoms with Gasteiger partial charge < -0.3 is 5.11 Å². The Morgan fingerprint density at radius 1 is 1.12 bits per heavy atom. The fourth-order valence-corrected chi connectivity index (χ4v) is 3.56. The van der Waals surface area contributed by atoms with Crippen LogP contribution in [0.2, 0.25) is 0 Å². The molecule has 0 bridgehead atoms. The third kappa shape index (κ3) is 1.13. The van der Waals surface area contributed by atoms with Gasteiger partial charge in [0.05, 0.1) is 0 Å². The highest BCUT2D eigenvalue weighted by molar-refractivity contribution is 7.17. The van der Waals surface area contributed by atoms with Gasteiger partial charge in [-0.1, -0.05) is 24.3 Å². The number of thiophene rings is 1. The van der Waals surface area contributed by atoms with Crippen molar-refractivity contribution in [3.05, 3.63) is 52.9 Å². The number of phenols is 1. The van der Waals surface area contributed by atoms with Crippen LogP contribution in [0, 0.1) is 0 Å². The van der Waals surface area contributed by atoms with Crippen molar-refractivity contribution in [3.63, 3.8) is 0 Å². The summed E-state index contributed by atoms with van der Waals surface area (Å²) in [7, 11) is 0. The van der Waals surface area contributed by atoms with E-state index in [1.54, 1.807) is 11.3 Å². The minimum Gasteiger partial charge on any atom is -0.508 e. The third-order valence-electron chi connectivity index (χ3n) is 3.50. The Morgan fingerprint density at radius 2 is 2.00 bits per heavy atom. The molecular formula is C15H10OS. The maximum atomic E-state index is 10.1. The van der Waals surface area contributed by atoms with Crippen LogP contribution in [-0.4, -0.2) is 5.11 Å². The number of benzene rings is 2. The topological polar surface area (TPSA) is 20.2 Å². The highest BCUT2D eigenvalue weighted by Gasteiger charge is 2.23. The van der Waals surface area contributed by atoms with Crippen LogP contribution < -0.4 is 0 Å². The van der Waals surface area contributed by atoms with Gasteiger partial charge >= 0.3 is 0 Å². The zero-order chi connectivity index (χ0) is 11.4. The lowest BCUT2D eigenvalue weighted by Gasteiger charge is -2.05. The maximum absolute atomic E-state index is 10.1. The lowest BCUT2D eigenvalue weighted by atomic mass is 10.0. The first-order valence-corrected chi connectivity index (χ1v) is 6.53. The van der Waals surface area contributed by atoms with Crippen molar-refractivity contribution < 1.29 is 5.11 Å². The lowest BCUT2D eigenvalue weighted by Crippen LogP contribution is -1.81. The van der Waals surface area contributed by atoms with Gasteiger partial charge in [-0.2, -0.15) is 0 Å². The molecule has 2 aromatic carbocycles. The molecule has 2 heteroatoms. The van der Waals surface area contributed by atoms with Gasteiger partial charge in [-0.05, 0) is 34.2 Å². The molecule has 0 fully saturated rings. The summed E-state index contributed by atoms with van der Waals surface area (Å²) in [5.74, 6) is 0.436. The van der Waals surface area contributed by atoms with Crippen molar-refractivity contribution in [2.45, 2.75) is 6.42 Å². The van der Waals surface area contributed by atoms with Crippen LogP contribution in [0.4, 0.5) is 0 Å². The monoisotopic (exact) mass is 238 g/mol. The Hall–Kier alpha value is -1.80. The van der Waals surface area contributed by atoms with E-state index in [0.717, 1.165) is 16.7 Å². The van der Waals surface area contributed by atoms with Crippen LogP contribution >= 0.6 is 11.3 Å². The molecule has 0 amide bonds. The summed E-state index contributed by atoms with van der Waals surface area (Å²) in [4.78, 5) is 0. The minimum atomic E-state index is 0.436. The van der Waals surface area contributed by atoms with Gasteiger partial charge in [0.25, 0.3) is 0 Å². The summed E-state index contributed by atoms with van der Waals surface area (Å²) in [6.07, 6.45) is 0.850. The molecule has 1 nitrogen and oxygen atoms in total. The molecular weight excluding hydrogens is 228 g/mol. The van der Waals surface area contributed by atoms with Crippen molar-refractivity contribution in [3.8, 4) is 16.9 Å². The summed E-state index contributed by atoms with van der Waals surface area (Å²) < 4.78 is 1.16. The van der Waals surface area contributed by atoms with E-state index in [1.165, 1.54) is 22.1 Å². The number of hydrogen-bond acceptors (Lipinski definition) is 2. The SMILES string of the molecule is Oc1cc2sccc2c2c1Cc1ccccc1-2. The highest BCUT2D eigenvalue weighted by atomic mass is 32.1. The van der Waals surface area contributed by atoms with Crippen LogP contribution in [0.25, 0.3) is 21.2 Å². The second-order valence-electron chi connectivity index (χ2n) is 4.42. The molecule has 0 atom stereocenters. The fraction of sp³-hybridized carbons (Fsp3) is 0.0667. The molecule has 0 saturated heterocycles. The molecule has 0 aliphatic heterocycles. The molecule has 4 rings (SSSR count). The van der Waals surface area contributed by atoms with Crippen molar-refractivity contribution in [2.24, 2.45) is 0 Å². The first kappa shape index (κ1) is 9.25. The first-order valence-electron chi connectivity index (χ1n) is 5.65. The molecule has 3 aromatic rings. The van der Waals surface area contributed by atoms with E-state index in [4.69, 9.17) is 0 Å².